The van der Waals surface area contributed by atoms with Gasteiger partial charge in [-0.15, -0.1) is 0 Å². The fourth-order valence-corrected chi connectivity index (χ4v) is 1.34. The lowest BCUT2D eigenvalue weighted by Crippen LogP contribution is -2.46. The van der Waals surface area contributed by atoms with E-state index in [1.54, 1.807) is 0 Å². The lowest BCUT2D eigenvalue weighted by Gasteiger charge is -2.38. The average Bonchev–Trinajstić information content (AvgIpc) is 1.87. The predicted octanol–water partition coefficient (Wildman–Crippen LogP) is 3.57. The van der Waals surface area contributed by atoms with E-state index in [0.29, 0.717) is 0 Å². The van der Waals surface area contributed by atoms with Crippen molar-refractivity contribution in [1.82, 2.24) is 0 Å². The van der Waals surface area contributed by atoms with Crippen molar-refractivity contribution >= 4 is 0 Å². The molecular formula is C8H14F4. The normalized spacial score (nSPS) is 34.8. The standard InChI is InChI=1S/C6H8F4.C2H6/c1-3-2-4(7)5(3)6(8,9)10;1-2/h3-5H,2H2,1H3;1-2H3. The molecule has 0 spiro atoms. The summed E-state index contributed by atoms with van der Waals surface area (Å²) in [7, 11) is 0. The first kappa shape index (κ1) is 11.7. The van der Waals surface area contributed by atoms with Gasteiger partial charge in [0.25, 0.3) is 0 Å². The zero-order chi connectivity index (χ0) is 9.94. The largest absolute Gasteiger partial charge is 0.394 e. The van der Waals surface area contributed by atoms with Crippen molar-refractivity contribution in [3.05, 3.63) is 0 Å². The van der Waals surface area contributed by atoms with Gasteiger partial charge in [-0.3, -0.25) is 0 Å². The Morgan fingerprint density at radius 3 is 1.67 bits per heavy atom. The van der Waals surface area contributed by atoms with Gasteiger partial charge in [-0.2, -0.15) is 13.2 Å². The molecular weight excluding hydrogens is 172 g/mol. The molecule has 0 amide bonds. The molecule has 0 N–H and O–H groups in total. The van der Waals surface area contributed by atoms with E-state index in [1.165, 1.54) is 6.92 Å². The van der Waals surface area contributed by atoms with Gasteiger partial charge in [0.15, 0.2) is 0 Å². The molecule has 74 valence electrons. The van der Waals surface area contributed by atoms with E-state index in [-0.39, 0.29) is 6.42 Å². The molecule has 3 atom stereocenters. The van der Waals surface area contributed by atoms with Gasteiger partial charge in [-0.1, -0.05) is 20.8 Å². The Labute approximate surface area is 70.0 Å². The van der Waals surface area contributed by atoms with Gasteiger partial charge in [0.1, 0.15) is 6.17 Å². The first-order valence-electron chi connectivity index (χ1n) is 4.13. The molecule has 0 aromatic heterocycles. The Morgan fingerprint density at radius 2 is 1.58 bits per heavy atom. The number of rotatable bonds is 0. The van der Waals surface area contributed by atoms with Crippen molar-refractivity contribution < 1.29 is 17.6 Å². The molecule has 0 aliphatic heterocycles. The SMILES string of the molecule is CC.CC1CC(F)C1C(F)(F)F. The van der Waals surface area contributed by atoms with Crippen LogP contribution in [0.25, 0.3) is 0 Å². The molecule has 12 heavy (non-hydrogen) atoms. The highest BCUT2D eigenvalue weighted by Gasteiger charge is 2.55. The van der Waals surface area contributed by atoms with Crippen molar-refractivity contribution in [2.24, 2.45) is 11.8 Å². The van der Waals surface area contributed by atoms with E-state index in [2.05, 4.69) is 0 Å². The minimum Gasteiger partial charge on any atom is -0.247 e. The molecule has 1 rings (SSSR count). The summed E-state index contributed by atoms with van der Waals surface area (Å²) in [5.74, 6) is -2.23. The molecule has 0 bridgehead atoms. The highest BCUT2D eigenvalue weighted by atomic mass is 19.4. The van der Waals surface area contributed by atoms with Crippen LogP contribution in [0.3, 0.4) is 0 Å². The first-order valence-corrected chi connectivity index (χ1v) is 4.13. The minimum atomic E-state index is -4.34. The fraction of sp³-hybridized carbons (Fsp3) is 1.00. The molecule has 3 unspecified atom stereocenters. The smallest absolute Gasteiger partial charge is 0.247 e. The zero-order valence-electron chi connectivity index (χ0n) is 7.45. The van der Waals surface area contributed by atoms with Crippen molar-refractivity contribution in [3.63, 3.8) is 0 Å². The predicted molar refractivity (Wildman–Crippen MR) is 39.6 cm³/mol. The Bertz CT molecular complexity index is 122. The van der Waals surface area contributed by atoms with E-state index in [4.69, 9.17) is 0 Å². The molecule has 0 radical (unpaired) electrons. The molecule has 1 aliphatic carbocycles. The van der Waals surface area contributed by atoms with Crippen LogP contribution in [0.15, 0.2) is 0 Å². The van der Waals surface area contributed by atoms with Gasteiger partial charge in [0.05, 0.1) is 5.92 Å². The summed E-state index contributed by atoms with van der Waals surface area (Å²) >= 11 is 0. The van der Waals surface area contributed by atoms with Crippen LogP contribution in [0.5, 0.6) is 0 Å². The molecule has 0 aromatic carbocycles. The number of hydrogen-bond acceptors (Lipinski definition) is 0. The van der Waals surface area contributed by atoms with E-state index in [0.717, 1.165) is 0 Å². The fourth-order valence-electron chi connectivity index (χ4n) is 1.34. The highest BCUT2D eigenvalue weighted by molar-refractivity contribution is 4.91. The average molecular weight is 186 g/mol. The van der Waals surface area contributed by atoms with Crippen molar-refractivity contribution in [1.29, 1.82) is 0 Å². The molecule has 0 saturated heterocycles. The third-order valence-electron chi connectivity index (χ3n) is 1.98. The Balaban J connectivity index is 0.000000561. The molecule has 0 aromatic rings. The van der Waals surface area contributed by atoms with Gasteiger partial charge in [0, 0.05) is 0 Å². The minimum absolute atomic E-state index is 0.0597. The van der Waals surface area contributed by atoms with E-state index in [9.17, 15) is 17.6 Å². The Hall–Kier alpha value is -0.280. The summed E-state index contributed by atoms with van der Waals surface area (Å²) in [4.78, 5) is 0. The third-order valence-corrected chi connectivity index (χ3v) is 1.98. The lowest BCUT2D eigenvalue weighted by molar-refractivity contribution is -0.234. The molecule has 1 fully saturated rings. The van der Waals surface area contributed by atoms with Crippen LogP contribution in [-0.4, -0.2) is 12.3 Å². The second-order valence-electron chi connectivity index (χ2n) is 2.80. The van der Waals surface area contributed by atoms with Crippen LogP contribution in [-0.2, 0) is 0 Å². The van der Waals surface area contributed by atoms with E-state index >= 15 is 0 Å². The quantitative estimate of drug-likeness (QED) is 0.507. The zero-order valence-corrected chi connectivity index (χ0v) is 7.45. The summed E-state index contributed by atoms with van der Waals surface area (Å²) < 4.78 is 47.5. The maximum absolute atomic E-state index is 12.2. The van der Waals surface area contributed by atoms with Crippen LogP contribution in [0.4, 0.5) is 17.6 Å². The second-order valence-corrected chi connectivity index (χ2v) is 2.80. The van der Waals surface area contributed by atoms with Crippen LogP contribution in [0, 0.1) is 11.8 Å². The second kappa shape index (κ2) is 4.10. The van der Waals surface area contributed by atoms with Gasteiger partial charge >= 0.3 is 6.18 Å². The Morgan fingerprint density at radius 1 is 1.17 bits per heavy atom. The lowest BCUT2D eigenvalue weighted by atomic mass is 9.73. The maximum atomic E-state index is 12.2. The summed E-state index contributed by atoms with van der Waals surface area (Å²) in [6.45, 7) is 5.42. The van der Waals surface area contributed by atoms with Crippen LogP contribution >= 0.6 is 0 Å². The van der Waals surface area contributed by atoms with Crippen LogP contribution in [0.2, 0.25) is 0 Å². The van der Waals surface area contributed by atoms with E-state index in [1.807, 2.05) is 13.8 Å². The van der Waals surface area contributed by atoms with Gasteiger partial charge in [-0.25, -0.2) is 4.39 Å². The summed E-state index contributed by atoms with van der Waals surface area (Å²) in [5, 5.41) is 0. The van der Waals surface area contributed by atoms with Gasteiger partial charge in [-0.05, 0) is 12.3 Å². The van der Waals surface area contributed by atoms with Gasteiger partial charge < -0.3 is 0 Å². The van der Waals surface area contributed by atoms with Crippen molar-refractivity contribution in [3.8, 4) is 0 Å². The molecule has 0 heterocycles. The highest BCUT2D eigenvalue weighted by Crippen LogP contribution is 2.46. The summed E-state index contributed by atoms with van der Waals surface area (Å²) in [6, 6.07) is 0. The van der Waals surface area contributed by atoms with Gasteiger partial charge in [0.2, 0.25) is 0 Å². The number of hydrogen-bond donors (Lipinski definition) is 0. The molecule has 1 aliphatic rings. The topological polar surface area (TPSA) is 0 Å². The van der Waals surface area contributed by atoms with Crippen molar-refractivity contribution in [2.75, 3.05) is 0 Å². The third kappa shape index (κ3) is 2.35. The summed E-state index contributed by atoms with van der Waals surface area (Å²) in [6.07, 6.45) is -5.93. The molecule has 1 saturated carbocycles. The molecule has 0 nitrogen and oxygen atoms in total. The van der Waals surface area contributed by atoms with Crippen LogP contribution < -0.4 is 0 Å². The number of halogens is 4. The van der Waals surface area contributed by atoms with Crippen molar-refractivity contribution in [2.45, 2.75) is 39.5 Å². The molecule has 4 heteroatoms. The monoisotopic (exact) mass is 186 g/mol. The first-order chi connectivity index (χ1) is 5.43. The Kier molecular flexibility index (Phi) is 4.00. The maximum Gasteiger partial charge on any atom is 0.394 e. The van der Waals surface area contributed by atoms with E-state index < -0.39 is 24.2 Å². The van der Waals surface area contributed by atoms with Crippen LogP contribution in [0.1, 0.15) is 27.2 Å². The summed E-state index contributed by atoms with van der Waals surface area (Å²) in [5.41, 5.74) is 0. The number of alkyl halides is 4.